The minimum atomic E-state index is -0.450. The van der Waals surface area contributed by atoms with Crippen LogP contribution in [0.15, 0.2) is 67.3 Å². The Labute approximate surface area is 105 Å². The molecular formula is C14H14N4. The first kappa shape index (κ1) is 10.8. The van der Waals surface area contributed by atoms with Crippen molar-refractivity contribution in [3.63, 3.8) is 0 Å². The zero-order valence-corrected chi connectivity index (χ0v) is 10.1. The number of aromatic nitrogens is 4. The van der Waals surface area contributed by atoms with Gasteiger partial charge in [-0.2, -0.15) is 10.2 Å². The van der Waals surface area contributed by atoms with Crippen molar-refractivity contribution < 1.29 is 0 Å². The number of rotatable bonds is 3. The van der Waals surface area contributed by atoms with Gasteiger partial charge in [0, 0.05) is 30.4 Å². The van der Waals surface area contributed by atoms with E-state index in [1.165, 1.54) is 0 Å². The molecule has 0 aliphatic carbocycles. The average molecular weight is 238 g/mol. The molecule has 4 heteroatoms. The molecule has 0 radical (unpaired) electrons. The predicted octanol–water partition coefficient (Wildman–Crippen LogP) is 2.35. The average Bonchev–Trinajstić information content (AvgIpc) is 3.12. The van der Waals surface area contributed by atoms with E-state index in [9.17, 15) is 0 Å². The summed E-state index contributed by atoms with van der Waals surface area (Å²) in [5.74, 6) is 0. The van der Waals surface area contributed by atoms with E-state index in [1.54, 1.807) is 12.4 Å². The van der Waals surface area contributed by atoms with Crippen molar-refractivity contribution in [2.75, 3.05) is 0 Å². The summed E-state index contributed by atoms with van der Waals surface area (Å²) in [5, 5.41) is 8.75. The summed E-state index contributed by atoms with van der Waals surface area (Å²) in [5.41, 5.74) is 0.686. The fourth-order valence-corrected chi connectivity index (χ4v) is 2.18. The van der Waals surface area contributed by atoms with Crippen LogP contribution in [-0.4, -0.2) is 19.6 Å². The Bertz CT molecular complexity index is 562. The highest BCUT2D eigenvalue weighted by molar-refractivity contribution is 5.24. The third kappa shape index (κ3) is 1.54. The maximum atomic E-state index is 4.38. The smallest absolute Gasteiger partial charge is 0.176 e. The minimum absolute atomic E-state index is 0.450. The molecule has 0 unspecified atom stereocenters. The summed E-state index contributed by atoms with van der Waals surface area (Å²) < 4.78 is 3.82. The summed E-state index contributed by atoms with van der Waals surface area (Å²) in [6.45, 7) is 2.10. The van der Waals surface area contributed by atoms with Crippen LogP contribution in [0.1, 0.15) is 12.5 Å². The molecule has 0 saturated carbocycles. The Morgan fingerprint density at radius 1 is 0.833 bits per heavy atom. The van der Waals surface area contributed by atoms with E-state index >= 15 is 0 Å². The van der Waals surface area contributed by atoms with Gasteiger partial charge in [-0.3, -0.25) is 0 Å². The van der Waals surface area contributed by atoms with E-state index in [1.807, 2.05) is 52.1 Å². The Morgan fingerprint density at radius 2 is 1.39 bits per heavy atom. The molecule has 0 aliphatic heterocycles. The highest BCUT2D eigenvalue weighted by Gasteiger charge is 2.31. The van der Waals surface area contributed by atoms with Gasteiger partial charge in [0.15, 0.2) is 5.66 Å². The molecule has 0 amide bonds. The topological polar surface area (TPSA) is 35.6 Å². The SMILES string of the molecule is CC(c1ccccc1)(n1cccn1)n1cccn1. The highest BCUT2D eigenvalue weighted by Crippen LogP contribution is 2.26. The second-order valence-corrected chi connectivity index (χ2v) is 4.29. The van der Waals surface area contributed by atoms with Gasteiger partial charge in [0.05, 0.1) is 0 Å². The molecule has 0 spiro atoms. The third-order valence-electron chi connectivity index (χ3n) is 3.22. The van der Waals surface area contributed by atoms with Crippen LogP contribution in [0.2, 0.25) is 0 Å². The lowest BCUT2D eigenvalue weighted by Crippen LogP contribution is -2.40. The zero-order valence-electron chi connectivity index (χ0n) is 10.1. The van der Waals surface area contributed by atoms with Crippen molar-refractivity contribution in [3.05, 3.63) is 72.8 Å². The summed E-state index contributed by atoms with van der Waals surface area (Å²) in [7, 11) is 0. The van der Waals surface area contributed by atoms with E-state index in [0.717, 1.165) is 5.56 Å². The van der Waals surface area contributed by atoms with E-state index in [0.29, 0.717) is 0 Å². The van der Waals surface area contributed by atoms with Gasteiger partial charge < -0.3 is 0 Å². The lowest BCUT2D eigenvalue weighted by molar-refractivity contribution is 0.266. The van der Waals surface area contributed by atoms with Crippen molar-refractivity contribution in [2.24, 2.45) is 0 Å². The van der Waals surface area contributed by atoms with E-state index in [4.69, 9.17) is 0 Å². The summed E-state index contributed by atoms with van der Waals surface area (Å²) in [6.07, 6.45) is 7.47. The standard InChI is InChI=1S/C14H14N4/c1-14(17-11-5-9-15-17,18-12-6-10-16-18)13-7-3-2-4-8-13/h2-12H,1H3. The Hall–Kier alpha value is -2.36. The van der Waals surface area contributed by atoms with Crippen LogP contribution < -0.4 is 0 Å². The summed E-state index contributed by atoms with van der Waals surface area (Å²) in [4.78, 5) is 0. The van der Waals surface area contributed by atoms with Crippen molar-refractivity contribution in [2.45, 2.75) is 12.6 Å². The van der Waals surface area contributed by atoms with Crippen molar-refractivity contribution >= 4 is 0 Å². The fourth-order valence-electron chi connectivity index (χ4n) is 2.18. The fraction of sp³-hybridized carbons (Fsp3) is 0.143. The van der Waals surface area contributed by atoms with E-state index < -0.39 is 5.66 Å². The number of hydrogen-bond donors (Lipinski definition) is 0. The molecule has 1 aromatic carbocycles. The van der Waals surface area contributed by atoms with Crippen LogP contribution in [0.5, 0.6) is 0 Å². The first-order valence-corrected chi connectivity index (χ1v) is 5.87. The van der Waals surface area contributed by atoms with Crippen molar-refractivity contribution in [1.29, 1.82) is 0 Å². The van der Waals surface area contributed by atoms with Crippen molar-refractivity contribution in [3.8, 4) is 0 Å². The molecule has 4 nitrogen and oxygen atoms in total. The van der Waals surface area contributed by atoms with Gasteiger partial charge in [0.1, 0.15) is 0 Å². The number of hydrogen-bond acceptors (Lipinski definition) is 2. The van der Waals surface area contributed by atoms with Crippen LogP contribution in [0.3, 0.4) is 0 Å². The molecular weight excluding hydrogens is 224 g/mol. The second-order valence-electron chi connectivity index (χ2n) is 4.29. The monoisotopic (exact) mass is 238 g/mol. The lowest BCUT2D eigenvalue weighted by atomic mass is 10.0. The molecule has 90 valence electrons. The van der Waals surface area contributed by atoms with Gasteiger partial charge in [0.25, 0.3) is 0 Å². The van der Waals surface area contributed by atoms with Crippen LogP contribution in [-0.2, 0) is 5.66 Å². The Morgan fingerprint density at radius 3 is 1.83 bits per heavy atom. The predicted molar refractivity (Wildman–Crippen MR) is 69.0 cm³/mol. The molecule has 0 bridgehead atoms. The molecule has 2 heterocycles. The van der Waals surface area contributed by atoms with Gasteiger partial charge in [-0.15, -0.1) is 0 Å². The molecule has 2 aromatic heterocycles. The first-order valence-electron chi connectivity index (χ1n) is 5.87. The van der Waals surface area contributed by atoms with Crippen molar-refractivity contribution in [1.82, 2.24) is 19.6 Å². The van der Waals surface area contributed by atoms with E-state index in [-0.39, 0.29) is 0 Å². The molecule has 0 aliphatic rings. The van der Waals surface area contributed by atoms with Gasteiger partial charge >= 0.3 is 0 Å². The van der Waals surface area contributed by atoms with Crippen LogP contribution in [0.25, 0.3) is 0 Å². The second kappa shape index (κ2) is 4.14. The number of benzene rings is 1. The normalized spacial score (nSPS) is 11.6. The highest BCUT2D eigenvalue weighted by atomic mass is 15.5. The minimum Gasteiger partial charge on any atom is -0.241 e. The first-order chi connectivity index (χ1) is 8.82. The van der Waals surface area contributed by atoms with Gasteiger partial charge in [-0.25, -0.2) is 9.36 Å². The van der Waals surface area contributed by atoms with Crippen LogP contribution in [0.4, 0.5) is 0 Å². The summed E-state index contributed by atoms with van der Waals surface area (Å²) >= 11 is 0. The number of nitrogens with zero attached hydrogens (tertiary/aromatic N) is 4. The molecule has 3 rings (SSSR count). The maximum absolute atomic E-state index is 4.38. The third-order valence-corrected chi connectivity index (χ3v) is 3.22. The molecule has 0 N–H and O–H groups in total. The Balaban J connectivity index is 2.22. The zero-order chi connectivity index (χ0) is 12.4. The largest absolute Gasteiger partial charge is 0.241 e. The molecule has 0 atom stereocenters. The van der Waals surface area contributed by atoms with Crippen LogP contribution in [0, 0.1) is 0 Å². The van der Waals surface area contributed by atoms with Crippen LogP contribution >= 0.6 is 0 Å². The Kier molecular flexibility index (Phi) is 2.48. The van der Waals surface area contributed by atoms with Gasteiger partial charge in [-0.05, 0) is 19.1 Å². The summed E-state index contributed by atoms with van der Waals surface area (Å²) in [6, 6.07) is 14.1. The van der Waals surface area contributed by atoms with Gasteiger partial charge in [-0.1, -0.05) is 30.3 Å². The molecule has 0 fully saturated rings. The van der Waals surface area contributed by atoms with Gasteiger partial charge in [0.2, 0.25) is 0 Å². The molecule has 0 saturated heterocycles. The molecule has 18 heavy (non-hydrogen) atoms. The van der Waals surface area contributed by atoms with E-state index in [2.05, 4.69) is 29.3 Å². The molecule has 3 aromatic rings. The lowest BCUT2D eigenvalue weighted by Gasteiger charge is -2.31. The maximum Gasteiger partial charge on any atom is 0.176 e. The quantitative estimate of drug-likeness (QED) is 0.702.